The SMILES string of the molecule is CC(C)CCCOC(=O)CCl. The maximum atomic E-state index is 10.5. The number of alkyl halides is 1. The van der Waals surface area contributed by atoms with Crippen LogP contribution in [0.3, 0.4) is 0 Å². The summed E-state index contributed by atoms with van der Waals surface area (Å²) in [5, 5.41) is 0. The maximum absolute atomic E-state index is 10.5. The van der Waals surface area contributed by atoms with E-state index >= 15 is 0 Å². The predicted molar refractivity (Wildman–Crippen MR) is 45.8 cm³/mol. The number of halogens is 1. The van der Waals surface area contributed by atoms with Crippen LogP contribution in [0.4, 0.5) is 0 Å². The standard InChI is InChI=1S/C8H15ClO2/c1-7(2)4-3-5-11-8(10)6-9/h7H,3-6H2,1-2H3. The minimum absolute atomic E-state index is 0.0400. The Hall–Kier alpha value is -0.240. The molecule has 0 aliphatic carbocycles. The van der Waals surface area contributed by atoms with Crippen LogP contribution in [0.25, 0.3) is 0 Å². The molecule has 0 atom stereocenters. The summed E-state index contributed by atoms with van der Waals surface area (Å²) in [4.78, 5) is 10.5. The Morgan fingerprint density at radius 2 is 2.18 bits per heavy atom. The van der Waals surface area contributed by atoms with Crippen LogP contribution in [0.15, 0.2) is 0 Å². The van der Waals surface area contributed by atoms with E-state index in [0.717, 1.165) is 12.8 Å². The highest BCUT2D eigenvalue weighted by atomic mass is 35.5. The Morgan fingerprint density at radius 3 is 2.64 bits per heavy atom. The first-order chi connectivity index (χ1) is 5.16. The topological polar surface area (TPSA) is 26.3 Å². The van der Waals surface area contributed by atoms with Gasteiger partial charge in [0.25, 0.3) is 0 Å². The van der Waals surface area contributed by atoms with Crippen LogP contribution in [-0.4, -0.2) is 18.5 Å². The second kappa shape index (κ2) is 6.47. The molecule has 3 heteroatoms. The number of carbonyl (C=O) groups excluding carboxylic acids is 1. The first-order valence-corrected chi connectivity index (χ1v) is 4.42. The predicted octanol–water partition coefficient (Wildman–Crippen LogP) is 2.20. The van der Waals surface area contributed by atoms with Crippen molar-refractivity contribution in [3.63, 3.8) is 0 Å². The van der Waals surface area contributed by atoms with Crippen molar-refractivity contribution in [2.45, 2.75) is 26.7 Å². The lowest BCUT2D eigenvalue weighted by Crippen LogP contribution is -2.07. The van der Waals surface area contributed by atoms with Crippen molar-refractivity contribution in [2.24, 2.45) is 5.92 Å². The van der Waals surface area contributed by atoms with Crippen molar-refractivity contribution < 1.29 is 9.53 Å². The van der Waals surface area contributed by atoms with Gasteiger partial charge in [-0.3, -0.25) is 4.79 Å². The first-order valence-electron chi connectivity index (χ1n) is 3.88. The van der Waals surface area contributed by atoms with Gasteiger partial charge in [-0.2, -0.15) is 0 Å². The van der Waals surface area contributed by atoms with Crippen LogP contribution in [0.5, 0.6) is 0 Å². The van der Waals surface area contributed by atoms with Crippen molar-refractivity contribution in [2.75, 3.05) is 12.5 Å². The summed E-state index contributed by atoms with van der Waals surface area (Å²) >= 11 is 5.22. The normalized spacial score (nSPS) is 10.2. The van der Waals surface area contributed by atoms with Gasteiger partial charge in [-0.05, 0) is 18.8 Å². The third-order valence-corrected chi connectivity index (χ3v) is 1.52. The van der Waals surface area contributed by atoms with Crippen LogP contribution >= 0.6 is 11.6 Å². The van der Waals surface area contributed by atoms with Crippen molar-refractivity contribution in [3.8, 4) is 0 Å². The van der Waals surface area contributed by atoms with Crippen molar-refractivity contribution >= 4 is 17.6 Å². The summed E-state index contributed by atoms with van der Waals surface area (Å²) in [6, 6.07) is 0. The fourth-order valence-electron chi connectivity index (χ4n) is 0.716. The van der Waals surface area contributed by atoms with Crippen LogP contribution in [0.2, 0.25) is 0 Å². The van der Waals surface area contributed by atoms with Gasteiger partial charge in [-0.25, -0.2) is 0 Å². The Bertz CT molecular complexity index is 113. The number of rotatable bonds is 5. The molecule has 0 aromatic carbocycles. The van der Waals surface area contributed by atoms with Gasteiger partial charge in [0.2, 0.25) is 0 Å². The van der Waals surface area contributed by atoms with E-state index in [1.54, 1.807) is 0 Å². The van der Waals surface area contributed by atoms with Gasteiger partial charge in [0.15, 0.2) is 0 Å². The van der Waals surface area contributed by atoms with Gasteiger partial charge in [0.05, 0.1) is 6.61 Å². The largest absolute Gasteiger partial charge is 0.465 e. The smallest absolute Gasteiger partial charge is 0.320 e. The van der Waals surface area contributed by atoms with Crippen molar-refractivity contribution in [3.05, 3.63) is 0 Å². The average Bonchev–Trinajstić information content (AvgIpc) is 1.97. The molecule has 66 valence electrons. The molecule has 0 rings (SSSR count). The van der Waals surface area contributed by atoms with Crippen LogP contribution < -0.4 is 0 Å². The minimum atomic E-state index is -0.324. The highest BCUT2D eigenvalue weighted by Gasteiger charge is 1.99. The molecule has 0 aromatic rings. The number of hydrogen-bond donors (Lipinski definition) is 0. The number of ether oxygens (including phenoxy) is 1. The molecular formula is C8H15ClO2. The van der Waals surface area contributed by atoms with E-state index in [0.29, 0.717) is 12.5 Å². The molecule has 0 saturated heterocycles. The molecule has 0 aliphatic rings. The number of carbonyl (C=O) groups is 1. The van der Waals surface area contributed by atoms with Crippen LogP contribution in [-0.2, 0) is 9.53 Å². The molecule has 11 heavy (non-hydrogen) atoms. The summed E-state index contributed by atoms with van der Waals surface area (Å²) in [7, 11) is 0. The zero-order valence-electron chi connectivity index (χ0n) is 7.10. The third-order valence-electron chi connectivity index (χ3n) is 1.30. The van der Waals surface area contributed by atoms with Gasteiger partial charge in [-0.1, -0.05) is 13.8 Å². The molecule has 2 nitrogen and oxygen atoms in total. The Labute approximate surface area is 72.9 Å². The summed E-state index contributed by atoms with van der Waals surface area (Å²) in [6.07, 6.45) is 2.02. The van der Waals surface area contributed by atoms with Crippen LogP contribution in [0, 0.1) is 5.92 Å². The number of esters is 1. The number of hydrogen-bond acceptors (Lipinski definition) is 2. The molecule has 0 saturated carbocycles. The van der Waals surface area contributed by atoms with E-state index in [2.05, 4.69) is 13.8 Å². The molecule has 0 N–H and O–H groups in total. The fraction of sp³-hybridized carbons (Fsp3) is 0.875. The molecule has 0 amide bonds. The molecule has 0 fully saturated rings. The lowest BCUT2D eigenvalue weighted by molar-refractivity contribution is -0.140. The monoisotopic (exact) mass is 178 g/mol. The van der Waals surface area contributed by atoms with Gasteiger partial charge in [0.1, 0.15) is 5.88 Å². The average molecular weight is 179 g/mol. The second-order valence-electron chi connectivity index (χ2n) is 2.89. The summed E-state index contributed by atoms with van der Waals surface area (Å²) in [5.74, 6) is 0.307. The first kappa shape index (κ1) is 10.8. The summed E-state index contributed by atoms with van der Waals surface area (Å²) in [6.45, 7) is 4.79. The van der Waals surface area contributed by atoms with Gasteiger partial charge in [-0.15, -0.1) is 11.6 Å². The molecular weight excluding hydrogens is 164 g/mol. The molecule has 0 radical (unpaired) electrons. The molecule has 0 bridgehead atoms. The van der Waals surface area contributed by atoms with Gasteiger partial charge < -0.3 is 4.74 Å². The molecule has 0 heterocycles. The molecule has 0 aliphatic heterocycles. The Morgan fingerprint density at radius 1 is 1.55 bits per heavy atom. The molecule has 0 spiro atoms. The second-order valence-corrected chi connectivity index (χ2v) is 3.16. The zero-order chi connectivity index (χ0) is 8.69. The van der Waals surface area contributed by atoms with Crippen LogP contribution in [0.1, 0.15) is 26.7 Å². The highest BCUT2D eigenvalue weighted by Crippen LogP contribution is 2.03. The van der Waals surface area contributed by atoms with E-state index in [9.17, 15) is 4.79 Å². The zero-order valence-corrected chi connectivity index (χ0v) is 7.86. The Kier molecular flexibility index (Phi) is 6.33. The van der Waals surface area contributed by atoms with Gasteiger partial charge in [0, 0.05) is 0 Å². The molecule has 0 aromatic heterocycles. The van der Waals surface area contributed by atoms with E-state index in [1.165, 1.54) is 0 Å². The van der Waals surface area contributed by atoms with E-state index in [1.807, 2.05) is 0 Å². The third kappa shape index (κ3) is 7.66. The van der Waals surface area contributed by atoms with E-state index in [-0.39, 0.29) is 11.8 Å². The van der Waals surface area contributed by atoms with Crippen molar-refractivity contribution in [1.29, 1.82) is 0 Å². The lowest BCUT2D eigenvalue weighted by atomic mass is 10.1. The quantitative estimate of drug-likeness (QED) is 0.367. The maximum Gasteiger partial charge on any atom is 0.320 e. The van der Waals surface area contributed by atoms with Gasteiger partial charge >= 0.3 is 5.97 Å². The highest BCUT2D eigenvalue weighted by molar-refractivity contribution is 6.26. The summed E-state index contributed by atoms with van der Waals surface area (Å²) in [5.41, 5.74) is 0. The van der Waals surface area contributed by atoms with Crippen molar-refractivity contribution in [1.82, 2.24) is 0 Å². The molecule has 0 unspecified atom stereocenters. The van der Waals surface area contributed by atoms with E-state index < -0.39 is 0 Å². The fourth-order valence-corrected chi connectivity index (χ4v) is 0.793. The Balaban J connectivity index is 3.08. The summed E-state index contributed by atoms with van der Waals surface area (Å²) < 4.78 is 4.77. The van der Waals surface area contributed by atoms with E-state index in [4.69, 9.17) is 16.3 Å². The lowest BCUT2D eigenvalue weighted by Gasteiger charge is -2.04. The minimum Gasteiger partial charge on any atom is -0.465 e.